The van der Waals surface area contributed by atoms with Gasteiger partial charge < -0.3 is 10.2 Å². The second-order valence-electron chi connectivity index (χ2n) is 6.45. The van der Waals surface area contributed by atoms with Gasteiger partial charge in [-0.1, -0.05) is 36.4 Å². The molecule has 2 aromatic carbocycles. The van der Waals surface area contributed by atoms with Crippen molar-refractivity contribution in [3.05, 3.63) is 83.4 Å². The van der Waals surface area contributed by atoms with Crippen molar-refractivity contribution >= 4 is 17.3 Å². The Morgan fingerprint density at radius 3 is 2.58 bits per heavy atom. The van der Waals surface area contributed by atoms with Gasteiger partial charge in [-0.25, -0.2) is 4.98 Å². The predicted octanol–water partition coefficient (Wildman–Crippen LogP) is 3.60. The number of carbonyl (C=O) groups is 1. The van der Waals surface area contributed by atoms with Crippen LogP contribution in [0.1, 0.15) is 27.3 Å². The summed E-state index contributed by atoms with van der Waals surface area (Å²) in [5.41, 5.74) is 5.66. The average molecular weight is 344 g/mol. The molecule has 0 unspecified atom stereocenters. The average Bonchev–Trinajstić information content (AvgIpc) is 2.68. The number of anilines is 2. The zero-order valence-electron chi connectivity index (χ0n) is 14.6. The molecule has 1 aliphatic rings. The van der Waals surface area contributed by atoms with Crippen molar-refractivity contribution in [3.63, 3.8) is 0 Å². The summed E-state index contributed by atoms with van der Waals surface area (Å²) in [5, 5.41) is 2.98. The second kappa shape index (κ2) is 6.96. The molecule has 0 fully saturated rings. The maximum absolute atomic E-state index is 12.5. The Balaban J connectivity index is 1.57. The first-order chi connectivity index (χ1) is 12.7. The maximum Gasteiger partial charge on any atom is 0.275 e. The first kappa shape index (κ1) is 16.3. The van der Waals surface area contributed by atoms with Gasteiger partial charge in [0.1, 0.15) is 5.69 Å². The fraction of sp³-hybridized carbons (Fsp3) is 0.190. The van der Waals surface area contributed by atoms with E-state index in [4.69, 9.17) is 0 Å². The lowest BCUT2D eigenvalue weighted by Gasteiger charge is -2.32. The summed E-state index contributed by atoms with van der Waals surface area (Å²) in [5.74, 6) is -0.248. The molecule has 5 nitrogen and oxygen atoms in total. The molecule has 0 saturated heterocycles. The van der Waals surface area contributed by atoms with Crippen molar-refractivity contribution in [1.82, 2.24) is 9.97 Å². The number of rotatable bonds is 3. The molecule has 0 spiro atoms. The van der Waals surface area contributed by atoms with Gasteiger partial charge in [-0.2, -0.15) is 0 Å². The summed E-state index contributed by atoms with van der Waals surface area (Å²) in [6.45, 7) is 3.61. The van der Waals surface area contributed by atoms with Gasteiger partial charge in [0.2, 0.25) is 0 Å². The fourth-order valence-electron chi connectivity index (χ4n) is 3.25. The minimum atomic E-state index is -0.248. The SMILES string of the molecule is Cc1cnc(C(=O)Nc2ccccc2N2CCc3ccccc3C2)cn1. The van der Waals surface area contributed by atoms with Crippen LogP contribution in [0.2, 0.25) is 0 Å². The minimum absolute atomic E-state index is 0.248. The van der Waals surface area contributed by atoms with E-state index in [0.717, 1.165) is 36.6 Å². The maximum atomic E-state index is 12.5. The van der Waals surface area contributed by atoms with Crippen molar-refractivity contribution in [3.8, 4) is 0 Å². The van der Waals surface area contributed by atoms with Gasteiger partial charge in [-0.05, 0) is 36.6 Å². The number of carbonyl (C=O) groups excluding carboxylic acids is 1. The first-order valence-corrected chi connectivity index (χ1v) is 8.71. The molecule has 3 aromatic rings. The van der Waals surface area contributed by atoms with E-state index in [1.54, 1.807) is 6.20 Å². The highest BCUT2D eigenvalue weighted by Crippen LogP contribution is 2.30. The Morgan fingerprint density at radius 1 is 1.00 bits per heavy atom. The van der Waals surface area contributed by atoms with E-state index in [2.05, 4.69) is 44.5 Å². The van der Waals surface area contributed by atoms with Crippen LogP contribution in [-0.4, -0.2) is 22.4 Å². The molecule has 0 atom stereocenters. The van der Waals surface area contributed by atoms with E-state index < -0.39 is 0 Å². The van der Waals surface area contributed by atoms with Crippen LogP contribution in [0.15, 0.2) is 60.9 Å². The van der Waals surface area contributed by atoms with Gasteiger partial charge in [0.05, 0.1) is 23.3 Å². The van der Waals surface area contributed by atoms with Gasteiger partial charge in [0, 0.05) is 19.3 Å². The van der Waals surface area contributed by atoms with Crippen LogP contribution in [0.5, 0.6) is 0 Å². The van der Waals surface area contributed by atoms with E-state index in [0.29, 0.717) is 5.69 Å². The number of benzene rings is 2. The number of fused-ring (bicyclic) bond motifs is 1. The summed E-state index contributed by atoms with van der Waals surface area (Å²) in [6, 6.07) is 16.4. The zero-order chi connectivity index (χ0) is 17.9. The third-order valence-corrected chi connectivity index (χ3v) is 4.64. The van der Waals surface area contributed by atoms with Crippen LogP contribution in [0.3, 0.4) is 0 Å². The minimum Gasteiger partial charge on any atom is -0.365 e. The Labute approximate surface area is 152 Å². The molecule has 1 aromatic heterocycles. The number of para-hydroxylation sites is 2. The molecule has 130 valence electrons. The standard InChI is InChI=1S/C21H20N4O/c1-15-12-23-19(13-22-15)21(26)24-18-8-4-5-9-20(18)25-11-10-16-6-2-3-7-17(16)14-25/h2-9,12-13H,10-11,14H2,1H3,(H,24,26). The van der Waals surface area contributed by atoms with Gasteiger partial charge in [-0.3, -0.25) is 9.78 Å². The quantitative estimate of drug-likeness (QED) is 0.789. The first-order valence-electron chi connectivity index (χ1n) is 8.71. The molecule has 5 heteroatoms. The van der Waals surface area contributed by atoms with Crippen molar-refractivity contribution in [2.45, 2.75) is 19.9 Å². The smallest absolute Gasteiger partial charge is 0.275 e. The molecule has 0 saturated carbocycles. The number of hydrogen-bond donors (Lipinski definition) is 1. The Bertz CT molecular complexity index is 937. The molecule has 4 rings (SSSR count). The van der Waals surface area contributed by atoms with Crippen LogP contribution in [0.25, 0.3) is 0 Å². The van der Waals surface area contributed by atoms with Crippen LogP contribution >= 0.6 is 0 Å². The summed E-state index contributed by atoms with van der Waals surface area (Å²) in [7, 11) is 0. The largest absolute Gasteiger partial charge is 0.365 e. The summed E-state index contributed by atoms with van der Waals surface area (Å²) in [4.78, 5) is 23.1. The normalized spacial score (nSPS) is 13.2. The number of aromatic nitrogens is 2. The molecule has 0 bridgehead atoms. The van der Waals surface area contributed by atoms with Crippen LogP contribution < -0.4 is 10.2 Å². The van der Waals surface area contributed by atoms with E-state index >= 15 is 0 Å². The second-order valence-corrected chi connectivity index (χ2v) is 6.45. The van der Waals surface area contributed by atoms with Gasteiger partial charge in [0.25, 0.3) is 5.91 Å². The molecule has 1 aliphatic heterocycles. The molecule has 1 amide bonds. The lowest BCUT2D eigenvalue weighted by Crippen LogP contribution is -2.31. The molecule has 0 radical (unpaired) electrons. The number of aryl methyl sites for hydroxylation is 1. The van der Waals surface area contributed by atoms with Crippen molar-refractivity contribution in [2.24, 2.45) is 0 Å². The summed E-state index contributed by atoms with van der Waals surface area (Å²) in [6.07, 6.45) is 4.11. The topological polar surface area (TPSA) is 58.1 Å². The van der Waals surface area contributed by atoms with E-state index in [9.17, 15) is 4.79 Å². The molecule has 2 heterocycles. The fourth-order valence-corrected chi connectivity index (χ4v) is 3.25. The number of nitrogens with one attached hydrogen (secondary N) is 1. The van der Waals surface area contributed by atoms with E-state index in [1.807, 2.05) is 31.2 Å². The lowest BCUT2D eigenvalue weighted by molar-refractivity contribution is 0.102. The third kappa shape index (κ3) is 3.28. The van der Waals surface area contributed by atoms with Gasteiger partial charge >= 0.3 is 0 Å². The van der Waals surface area contributed by atoms with E-state index in [1.165, 1.54) is 17.3 Å². The Morgan fingerprint density at radius 2 is 1.77 bits per heavy atom. The number of hydrogen-bond acceptors (Lipinski definition) is 4. The Kier molecular flexibility index (Phi) is 4.35. The van der Waals surface area contributed by atoms with Gasteiger partial charge in [0.15, 0.2) is 0 Å². The van der Waals surface area contributed by atoms with Crippen molar-refractivity contribution in [1.29, 1.82) is 0 Å². The molecular weight excluding hydrogens is 324 g/mol. The zero-order valence-corrected chi connectivity index (χ0v) is 14.6. The molecule has 26 heavy (non-hydrogen) atoms. The van der Waals surface area contributed by atoms with Crippen molar-refractivity contribution in [2.75, 3.05) is 16.8 Å². The predicted molar refractivity (Wildman–Crippen MR) is 102 cm³/mol. The lowest BCUT2D eigenvalue weighted by atomic mass is 9.99. The van der Waals surface area contributed by atoms with Gasteiger partial charge in [-0.15, -0.1) is 0 Å². The monoisotopic (exact) mass is 344 g/mol. The Hall–Kier alpha value is -3.21. The number of amides is 1. The van der Waals surface area contributed by atoms with Crippen LogP contribution in [-0.2, 0) is 13.0 Å². The molecule has 1 N–H and O–H groups in total. The van der Waals surface area contributed by atoms with Crippen LogP contribution in [0.4, 0.5) is 11.4 Å². The summed E-state index contributed by atoms with van der Waals surface area (Å²) >= 11 is 0. The van der Waals surface area contributed by atoms with E-state index in [-0.39, 0.29) is 5.91 Å². The van der Waals surface area contributed by atoms with Crippen molar-refractivity contribution < 1.29 is 4.79 Å². The third-order valence-electron chi connectivity index (χ3n) is 4.64. The highest BCUT2D eigenvalue weighted by Gasteiger charge is 2.19. The molecular formula is C21H20N4O. The molecule has 0 aliphatic carbocycles. The highest BCUT2D eigenvalue weighted by molar-refractivity contribution is 6.04. The highest BCUT2D eigenvalue weighted by atomic mass is 16.1. The van der Waals surface area contributed by atoms with Crippen LogP contribution in [0, 0.1) is 6.92 Å². The number of nitrogens with zero attached hydrogens (tertiary/aromatic N) is 3. The summed E-state index contributed by atoms with van der Waals surface area (Å²) < 4.78 is 0.